The Balaban J connectivity index is 1.69. The molecule has 0 unspecified atom stereocenters. The summed E-state index contributed by atoms with van der Waals surface area (Å²) in [6.07, 6.45) is 5.72. The maximum Gasteiger partial charge on any atom is 0.408 e. The molecule has 0 aromatic heterocycles. The van der Waals surface area contributed by atoms with E-state index in [1.54, 1.807) is 6.34 Å². The second-order valence-electron chi connectivity index (χ2n) is 7.49. The standard InChI is InChI=1S/C15H22ClIN4O2/c1-13(2,3)21-12(22)23-15-6-4-14(8-15,5-7-15)20-11-17-10(16)18-9-19-11/h9H,4-8H2,1-3H3,(H,21,22)(H,18,19,20). The van der Waals surface area contributed by atoms with Gasteiger partial charge in [0.15, 0.2) is 3.84 Å². The van der Waals surface area contributed by atoms with Gasteiger partial charge in [-0.3, -0.25) is 4.99 Å². The molecule has 8 heteroatoms. The van der Waals surface area contributed by atoms with Gasteiger partial charge in [-0.25, -0.2) is 9.79 Å². The first-order valence-corrected chi connectivity index (χ1v) is 10.3. The Morgan fingerprint density at radius 1 is 1.43 bits per heavy atom. The van der Waals surface area contributed by atoms with E-state index in [0.717, 1.165) is 39.0 Å². The molecule has 2 saturated carbocycles. The van der Waals surface area contributed by atoms with Gasteiger partial charge in [0, 0.05) is 12.0 Å². The molecule has 0 atom stereocenters. The zero-order chi connectivity index (χ0) is 16.7. The summed E-state index contributed by atoms with van der Waals surface area (Å²) < 4.78 is 7.42. The number of nitrogens with zero attached hydrogens (tertiary/aromatic N) is 2. The Kier molecular flexibility index (Phi) is 4.46. The van der Waals surface area contributed by atoms with Gasteiger partial charge in [-0.05, 0) is 67.2 Å². The van der Waals surface area contributed by atoms with Crippen molar-refractivity contribution in [2.24, 2.45) is 9.98 Å². The summed E-state index contributed by atoms with van der Waals surface area (Å²) in [5, 5.41) is 5.79. The number of ether oxygens (including phenoxy) is 1. The molecule has 6 nitrogen and oxygen atoms in total. The normalized spacial score (nSPS) is 34.6. The summed E-state index contributed by atoms with van der Waals surface area (Å²) in [7, 11) is 0. The van der Waals surface area contributed by atoms with Crippen LogP contribution in [0.3, 0.4) is 0 Å². The van der Waals surface area contributed by atoms with Gasteiger partial charge in [0.05, 0.1) is 11.9 Å². The Labute approximate surface area is 151 Å². The van der Waals surface area contributed by atoms with Crippen LogP contribution in [-0.2, 0) is 4.74 Å². The number of fused-ring (bicyclic) bond motifs is 2. The lowest BCUT2D eigenvalue weighted by molar-refractivity contribution is 0.0156. The minimum absolute atomic E-state index is 0.122. The number of halogens is 2. The van der Waals surface area contributed by atoms with E-state index < -0.39 is 20.7 Å². The van der Waals surface area contributed by atoms with Crippen molar-refractivity contribution in [1.82, 2.24) is 10.6 Å². The largest absolute Gasteiger partial charge is 0.443 e. The van der Waals surface area contributed by atoms with Gasteiger partial charge in [-0.15, -0.1) is 0 Å². The van der Waals surface area contributed by atoms with Gasteiger partial charge in [0.2, 0.25) is 0 Å². The predicted molar refractivity (Wildman–Crippen MR) is 102 cm³/mol. The average Bonchev–Trinajstić information content (AvgIpc) is 2.91. The monoisotopic (exact) mass is 452 g/mol. The SMILES string of the molecule is CC(C)(C)NC(=O)OC12CCC(N=C3N=CNC(Cl)=I3)(CC1)C2. The molecule has 0 aromatic rings. The maximum absolute atomic E-state index is 12.1. The van der Waals surface area contributed by atoms with E-state index in [1.165, 1.54) is 0 Å². The summed E-state index contributed by atoms with van der Waals surface area (Å²) in [6, 6.07) is 0. The zero-order valence-corrected chi connectivity index (χ0v) is 16.5. The number of nitrogens with one attached hydrogen (secondary N) is 2. The summed E-state index contributed by atoms with van der Waals surface area (Å²) in [4.78, 5) is 21.4. The molecule has 0 aromatic carbocycles. The molecular weight excluding hydrogens is 431 g/mol. The lowest BCUT2D eigenvalue weighted by Crippen LogP contribution is -2.44. The minimum atomic E-state index is -0.502. The van der Waals surface area contributed by atoms with Gasteiger partial charge in [0.25, 0.3) is 0 Å². The molecule has 0 spiro atoms. The van der Waals surface area contributed by atoms with Gasteiger partial charge in [0.1, 0.15) is 8.69 Å². The molecule has 2 fully saturated rings. The number of carbonyl (C=O) groups is 1. The van der Waals surface area contributed by atoms with Crippen molar-refractivity contribution < 1.29 is 9.53 Å². The zero-order valence-electron chi connectivity index (χ0n) is 13.6. The van der Waals surface area contributed by atoms with Crippen LogP contribution in [0.15, 0.2) is 9.98 Å². The van der Waals surface area contributed by atoms with E-state index >= 15 is 0 Å². The topological polar surface area (TPSA) is 75.1 Å². The van der Waals surface area contributed by atoms with Crippen LogP contribution in [-0.4, -0.2) is 36.0 Å². The molecule has 0 radical (unpaired) electrons. The number of hydrogen-bond donors (Lipinski definition) is 2. The van der Waals surface area contributed by atoms with Crippen LogP contribution in [0, 0.1) is 0 Å². The Morgan fingerprint density at radius 2 is 2.13 bits per heavy atom. The fourth-order valence-electron chi connectivity index (χ4n) is 3.45. The lowest BCUT2D eigenvalue weighted by Gasteiger charge is -2.29. The second-order valence-corrected chi connectivity index (χ2v) is 11.1. The first kappa shape index (κ1) is 17.1. The van der Waals surface area contributed by atoms with E-state index in [0.29, 0.717) is 0 Å². The number of alkyl carbamates (subject to hydrolysis) is 1. The quantitative estimate of drug-likeness (QED) is 0.499. The van der Waals surface area contributed by atoms with E-state index in [9.17, 15) is 4.79 Å². The molecule has 128 valence electrons. The van der Waals surface area contributed by atoms with Crippen LogP contribution < -0.4 is 10.6 Å². The van der Waals surface area contributed by atoms with E-state index in [1.807, 2.05) is 20.8 Å². The van der Waals surface area contributed by atoms with Crippen LogP contribution in [0.5, 0.6) is 0 Å². The highest BCUT2D eigenvalue weighted by atomic mass is 127. The third-order valence-corrected chi connectivity index (χ3v) is 6.75. The summed E-state index contributed by atoms with van der Waals surface area (Å²) in [5.74, 6) is 0. The molecule has 3 rings (SSSR count). The molecule has 2 aliphatic carbocycles. The number of rotatable bonds is 2. The first-order valence-electron chi connectivity index (χ1n) is 7.77. The molecule has 3 aliphatic rings. The number of amides is 1. The van der Waals surface area contributed by atoms with Crippen molar-refractivity contribution in [3.63, 3.8) is 0 Å². The highest BCUT2D eigenvalue weighted by Crippen LogP contribution is 2.55. The highest BCUT2D eigenvalue weighted by molar-refractivity contribution is 14.2. The highest BCUT2D eigenvalue weighted by Gasteiger charge is 2.57. The third kappa shape index (κ3) is 4.04. The molecule has 0 saturated heterocycles. The van der Waals surface area contributed by atoms with Gasteiger partial charge < -0.3 is 15.4 Å². The van der Waals surface area contributed by atoms with Crippen molar-refractivity contribution in [2.75, 3.05) is 0 Å². The molecule has 1 heterocycles. The number of hydrogen-bond acceptors (Lipinski definition) is 4. The predicted octanol–water partition coefficient (Wildman–Crippen LogP) is 3.25. The van der Waals surface area contributed by atoms with Gasteiger partial charge in [-0.1, -0.05) is 11.6 Å². The maximum atomic E-state index is 12.1. The van der Waals surface area contributed by atoms with Gasteiger partial charge >= 0.3 is 6.09 Å². The van der Waals surface area contributed by atoms with E-state index in [2.05, 4.69) is 15.6 Å². The third-order valence-electron chi connectivity index (χ3n) is 4.37. The summed E-state index contributed by atoms with van der Waals surface area (Å²) in [5.41, 5.74) is -0.770. The smallest absolute Gasteiger partial charge is 0.408 e. The van der Waals surface area contributed by atoms with Crippen molar-refractivity contribution in [3.05, 3.63) is 0 Å². The van der Waals surface area contributed by atoms with E-state index in [4.69, 9.17) is 21.3 Å². The number of aliphatic imine (C=N–C) groups is 2. The van der Waals surface area contributed by atoms with Crippen LogP contribution in [0.2, 0.25) is 0 Å². The molecule has 1 aliphatic heterocycles. The molecular formula is C15H22ClIN4O2. The van der Waals surface area contributed by atoms with Gasteiger partial charge in [-0.2, -0.15) is 0 Å². The number of amidine groups is 1. The van der Waals surface area contributed by atoms with Crippen molar-refractivity contribution in [2.45, 2.75) is 69.6 Å². The summed E-state index contributed by atoms with van der Waals surface area (Å²) in [6.45, 7) is 5.85. The number of carbonyl (C=O) groups excluding carboxylic acids is 1. The fourth-order valence-corrected chi connectivity index (χ4v) is 5.55. The first-order chi connectivity index (χ1) is 10.7. The van der Waals surface area contributed by atoms with Crippen LogP contribution in [0.1, 0.15) is 52.9 Å². The average molecular weight is 453 g/mol. The lowest BCUT2D eigenvalue weighted by atomic mass is 9.93. The Bertz CT molecular complexity index is 601. The molecule has 23 heavy (non-hydrogen) atoms. The van der Waals surface area contributed by atoms with Crippen LogP contribution in [0.25, 0.3) is 0 Å². The Hall–Kier alpha value is -0.700. The molecule has 2 N–H and O–H groups in total. The minimum Gasteiger partial charge on any atom is -0.443 e. The molecule has 1 amide bonds. The molecule has 2 bridgehead atoms. The Morgan fingerprint density at radius 3 is 2.74 bits per heavy atom. The van der Waals surface area contributed by atoms with E-state index in [-0.39, 0.29) is 22.8 Å². The van der Waals surface area contributed by atoms with Crippen LogP contribution >= 0.6 is 32.3 Å². The second kappa shape index (κ2) is 5.98. The summed E-state index contributed by atoms with van der Waals surface area (Å²) >= 11 is 5.56. The van der Waals surface area contributed by atoms with Crippen molar-refractivity contribution >= 4 is 51.7 Å². The van der Waals surface area contributed by atoms with Crippen LogP contribution in [0.4, 0.5) is 4.79 Å². The van der Waals surface area contributed by atoms with Crippen molar-refractivity contribution in [3.8, 4) is 0 Å². The van der Waals surface area contributed by atoms with Crippen molar-refractivity contribution in [1.29, 1.82) is 0 Å². The fraction of sp³-hybridized carbons (Fsp3) is 0.733.